The number of carbonyl (C=O) groups is 1. The first-order valence-electron chi connectivity index (χ1n) is 5.57. The summed E-state index contributed by atoms with van der Waals surface area (Å²) in [6.45, 7) is 3.62. The lowest BCUT2D eigenvalue weighted by molar-refractivity contribution is -0.144. The largest absolute Gasteiger partial charge is 0.464 e. The van der Waals surface area contributed by atoms with Crippen molar-refractivity contribution in [2.75, 3.05) is 11.9 Å². The number of rotatable bonds is 5. The Balaban J connectivity index is 2.92. The van der Waals surface area contributed by atoms with E-state index in [-0.39, 0.29) is 12.3 Å². The molecule has 0 bridgehead atoms. The van der Waals surface area contributed by atoms with E-state index in [9.17, 15) is 13.6 Å². The number of hydrogen-bond donors (Lipinski definition) is 1. The Morgan fingerprint density at radius 1 is 1.39 bits per heavy atom. The molecule has 0 aliphatic heterocycles. The van der Waals surface area contributed by atoms with Crippen molar-refractivity contribution in [1.82, 2.24) is 0 Å². The zero-order chi connectivity index (χ0) is 13.7. The SMILES string of the molecule is CCOC(=O)C(CC)Nc1c(F)cc(Br)cc1F. The van der Waals surface area contributed by atoms with Crippen molar-refractivity contribution >= 4 is 27.6 Å². The lowest BCUT2D eigenvalue weighted by Gasteiger charge is -2.17. The van der Waals surface area contributed by atoms with Gasteiger partial charge in [-0.05, 0) is 25.5 Å². The van der Waals surface area contributed by atoms with Crippen LogP contribution in [0, 0.1) is 11.6 Å². The molecule has 1 rings (SSSR count). The van der Waals surface area contributed by atoms with Crippen molar-refractivity contribution in [2.45, 2.75) is 26.3 Å². The first-order chi connectivity index (χ1) is 8.49. The molecule has 0 amide bonds. The van der Waals surface area contributed by atoms with Crippen molar-refractivity contribution in [3.63, 3.8) is 0 Å². The topological polar surface area (TPSA) is 38.3 Å². The molecule has 1 aromatic carbocycles. The van der Waals surface area contributed by atoms with Gasteiger partial charge in [-0.25, -0.2) is 13.6 Å². The zero-order valence-corrected chi connectivity index (χ0v) is 11.7. The van der Waals surface area contributed by atoms with E-state index in [1.54, 1.807) is 13.8 Å². The quantitative estimate of drug-likeness (QED) is 0.844. The molecule has 0 saturated carbocycles. The van der Waals surface area contributed by atoms with Gasteiger partial charge in [0.1, 0.15) is 23.4 Å². The molecule has 0 aliphatic rings. The molecule has 6 heteroatoms. The molecule has 0 heterocycles. The monoisotopic (exact) mass is 321 g/mol. The Kier molecular flexibility index (Phi) is 5.53. The van der Waals surface area contributed by atoms with E-state index in [2.05, 4.69) is 21.2 Å². The normalized spacial score (nSPS) is 12.1. The summed E-state index contributed by atoms with van der Waals surface area (Å²) in [5, 5.41) is 2.53. The highest BCUT2D eigenvalue weighted by atomic mass is 79.9. The van der Waals surface area contributed by atoms with Crippen LogP contribution < -0.4 is 5.32 Å². The Hall–Kier alpha value is -1.17. The van der Waals surface area contributed by atoms with Crippen LogP contribution in [-0.2, 0) is 9.53 Å². The van der Waals surface area contributed by atoms with Crippen LogP contribution in [-0.4, -0.2) is 18.6 Å². The van der Waals surface area contributed by atoms with Crippen molar-refractivity contribution < 1.29 is 18.3 Å². The number of halogens is 3. The van der Waals surface area contributed by atoms with Crippen molar-refractivity contribution in [2.24, 2.45) is 0 Å². The van der Waals surface area contributed by atoms with E-state index in [0.29, 0.717) is 10.9 Å². The van der Waals surface area contributed by atoms with Gasteiger partial charge < -0.3 is 10.1 Å². The van der Waals surface area contributed by atoms with Gasteiger partial charge in [0, 0.05) is 4.47 Å². The smallest absolute Gasteiger partial charge is 0.328 e. The minimum atomic E-state index is -0.768. The fourth-order valence-corrected chi connectivity index (χ4v) is 1.83. The molecule has 1 atom stereocenters. The summed E-state index contributed by atoms with van der Waals surface area (Å²) in [5.74, 6) is -2.05. The summed E-state index contributed by atoms with van der Waals surface area (Å²) in [6, 6.07) is 1.49. The van der Waals surface area contributed by atoms with Crippen LogP contribution >= 0.6 is 15.9 Å². The van der Waals surface area contributed by atoms with E-state index in [4.69, 9.17) is 4.74 Å². The molecule has 0 radical (unpaired) electrons. The predicted molar refractivity (Wildman–Crippen MR) is 68.4 cm³/mol. The Bertz CT molecular complexity index is 417. The van der Waals surface area contributed by atoms with E-state index in [1.807, 2.05) is 0 Å². The molecule has 0 aliphatic carbocycles. The number of esters is 1. The van der Waals surface area contributed by atoms with E-state index in [0.717, 1.165) is 12.1 Å². The highest BCUT2D eigenvalue weighted by molar-refractivity contribution is 9.10. The van der Waals surface area contributed by atoms with Gasteiger partial charge in [0.2, 0.25) is 0 Å². The van der Waals surface area contributed by atoms with Gasteiger partial charge in [-0.1, -0.05) is 22.9 Å². The maximum absolute atomic E-state index is 13.6. The van der Waals surface area contributed by atoms with Crippen molar-refractivity contribution in [3.05, 3.63) is 28.2 Å². The molecule has 1 N–H and O–H groups in total. The summed E-state index contributed by atoms with van der Waals surface area (Å²) in [6.07, 6.45) is 0.369. The van der Waals surface area contributed by atoms with Crippen LogP contribution in [0.1, 0.15) is 20.3 Å². The molecule has 0 fully saturated rings. The molecule has 0 aromatic heterocycles. The zero-order valence-electron chi connectivity index (χ0n) is 10.1. The van der Waals surface area contributed by atoms with Gasteiger partial charge >= 0.3 is 5.97 Å². The molecule has 0 saturated heterocycles. The number of hydrogen-bond acceptors (Lipinski definition) is 3. The third-order valence-corrected chi connectivity index (χ3v) is 2.76. The molecule has 3 nitrogen and oxygen atoms in total. The fraction of sp³-hybridized carbons (Fsp3) is 0.417. The summed E-state index contributed by atoms with van der Waals surface area (Å²) in [4.78, 5) is 11.5. The fourth-order valence-electron chi connectivity index (χ4n) is 1.42. The van der Waals surface area contributed by atoms with Crippen molar-refractivity contribution in [3.8, 4) is 0 Å². The van der Waals surface area contributed by atoms with Crippen LogP contribution in [0.25, 0.3) is 0 Å². The number of ether oxygens (including phenoxy) is 1. The van der Waals surface area contributed by atoms with Crippen molar-refractivity contribution in [1.29, 1.82) is 0 Å². The van der Waals surface area contributed by atoms with Gasteiger partial charge in [-0.3, -0.25) is 0 Å². The molecular weight excluding hydrogens is 308 g/mol. The van der Waals surface area contributed by atoms with Gasteiger partial charge in [-0.2, -0.15) is 0 Å². The summed E-state index contributed by atoms with van der Waals surface area (Å²) >= 11 is 2.98. The number of benzene rings is 1. The van der Waals surface area contributed by atoms with E-state index >= 15 is 0 Å². The van der Waals surface area contributed by atoms with E-state index < -0.39 is 23.6 Å². The lowest BCUT2D eigenvalue weighted by Crippen LogP contribution is -2.31. The average molecular weight is 322 g/mol. The number of nitrogens with one attached hydrogen (secondary N) is 1. The van der Waals surface area contributed by atoms with Crippen LogP contribution in [0.5, 0.6) is 0 Å². The highest BCUT2D eigenvalue weighted by Crippen LogP contribution is 2.24. The standard InChI is InChI=1S/C12H14BrF2NO2/c1-3-10(12(17)18-4-2)16-11-8(14)5-7(13)6-9(11)15/h5-6,10,16H,3-4H2,1-2H3. The van der Waals surface area contributed by atoms with Gasteiger partial charge in [0.25, 0.3) is 0 Å². The Morgan fingerprint density at radius 3 is 2.39 bits per heavy atom. The molecule has 18 heavy (non-hydrogen) atoms. The molecule has 0 spiro atoms. The second-order valence-corrected chi connectivity index (χ2v) is 4.52. The Morgan fingerprint density at radius 2 is 1.94 bits per heavy atom. The average Bonchev–Trinajstić information content (AvgIpc) is 2.28. The van der Waals surface area contributed by atoms with Gasteiger partial charge in [-0.15, -0.1) is 0 Å². The summed E-state index contributed by atoms with van der Waals surface area (Å²) < 4.78 is 32.3. The van der Waals surface area contributed by atoms with Gasteiger partial charge in [0.15, 0.2) is 0 Å². The molecule has 1 unspecified atom stereocenters. The lowest BCUT2D eigenvalue weighted by atomic mass is 10.2. The number of anilines is 1. The van der Waals surface area contributed by atoms with Gasteiger partial charge in [0.05, 0.1) is 6.61 Å². The summed E-state index contributed by atoms with van der Waals surface area (Å²) in [5.41, 5.74) is -0.321. The molecule has 100 valence electrons. The minimum Gasteiger partial charge on any atom is -0.464 e. The third kappa shape index (κ3) is 3.66. The van der Waals surface area contributed by atoms with Crippen LogP contribution in [0.2, 0.25) is 0 Å². The first kappa shape index (κ1) is 14.9. The molecule has 1 aromatic rings. The maximum atomic E-state index is 13.6. The minimum absolute atomic E-state index is 0.225. The molecular formula is C12H14BrF2NO2. The summed E-state index contributed by atoms with van der Waals surface area (Å²) in [7, 11) is 0. The second-order valence-electron chi connectivity index (χ2n) is 3.60. The van der Waals surface area contributed by atoms with Crippen LogP contribution in [0.15, 0.2) is 16.6 Å². The second kappa shape index (κ2) is 6.68. The number of carbonyl (C=O) groups excluding carboxylic acids is 1. The van der Waals surface area contributed by atoms with Crippen LogP contribution in [0.4, 0.5) is 14.5 Å². The Labute approximate surface area is 113 Å². The van der Waals surface area contributed by atoms with Crippen LogP contribution in [0.3, 0.4) is 0 Å². The predicted octanol–water partition coefficient (Wildman–Crippen LogP) is 3.48. The third-order valence-electron chi connectivity index (χ3n) is 2.30. The highest BCUT2D eigenvalue weighted by Gasteiger charge is 2.21. The maximum Gasteiger partial charge on any atom is 0.328 e. The first-order valence-corrected chi connectivity index (χ1v) is 6.36. The van der Waals surface area contributed by atoms with E-state index in [1.165, 1.54) is 0 Å².